The molecule has 0 aliphatic heterocycles. The zero-order valence-electron chi connectivity index (χ0n) is 11.3. The fraction of sp³-hybridized carbons (Fsp3) is 0.286. The molecule has 106 valence electrons. The number of carbonyl (C=O) groups excluding carboxylic acids is 1. The van der Waals surface area contributed by atoms with Crippen LogP contribution in [0.1, 0.15) is 10.4 Å². The van der Waals surface area contributed by atoms with Crippen LogP contribution in [0.4, 0.5) is 11.5 Å². The molecule has 4 N–H and O–H groups in total. The van der Waals surface area contributed by atoms with Crippen molar-refractivity contribution >= 4 is 28.7 Å². The molecule has 0 unspecified atom stereocenters. The standard InChI is InChI=1S/C14H18N4OS/c1-10-4-5-17-14(13(10)15)18-7-6-16-12(19)9-11-3-2-8-20-11/h2-5,8H,6-7,9,15H2,1H3,(H,16,19)(H,17,18). The molecular formula is C14H18N4OS. The number of nitrogens with two attached hydrogens (primary N) is 1. The molecule has 0 fully saturated rings. The Morgan fingerprint density at radius 3 is 3.00 bits per heavy atom. The third-order valence-corrected chi connectivity index (χ3v) is 3.74. The lowest BCUT2D eigenvalue weighted by Gasteiger charge is -2.10. The number of anilines is 2. The Labute approximate surface area is 122 Å². The van der Waals surface area contributed by atoms with Gasteiger partial charge in [-0.3, -0.25) is 4.79 Å². The average molecular weight is 290 g/mol. The zero-order chi connectivity index (χ0) is 14.4. The molecule has 0 radical (unpaired) electrons. The number of nitrogens with zero attached hydrogens (tertiary/aromatic N) is 1. The van der Waals surface area contributed by atoms with Gasteiger partial charge in [0.15, 0.2) is 0 Å². The van der Waals surface area contributed by atoms with Gasteiger partial charge in [0.1, 0.15) is 5.82 Å². The summed E-state index contributed by atoms with van der Waals surface area (Å²) in [5.41, 5.74) is 7.54. The maximum atomic E-state index is 11.7. The molecule has 0 aliphatic rings. The highest BCUT2D eigenvalue weighted by Crippen LogP contribution is 2.17. The van der Waals surface area contributed by atoms with E-state index in [-0.39, 0.29) is 5.91 Å². The zero-order valence-corrected chi connectivity index (χ0v) is 12.2. The van der Waals surface area contributed by atoms with Crippen molar-refractivity contribution in [3.8, 4) is 0 Å². The molecule has 5 nitrogen and oxygen atoms in total. The van der Waals surface area contributed by atoms with Gasteiger partial charge in [0.05, 0.1) is 12.1 Å². The van der Waals surface area contributed by atoms with E-state index in [2.05, 4.69) is 15.6 Å². The lowest BCUT2D eigenvalue weighted by atomic mass is 10.2. The summed E-state index contributed by atoms with van der Waals surface area (Å²) in [6, 6.07) is 5.77. The third-order valence-electron chi connectivity index (χ3n) is 2.86. The van der Waals surface area contributed by atoms with Gasteiger partial charge in [-0.2, -0.15) is 0 Å². The van der Waals surface area contributed by atoms with Gasteiger partial charge in [0.25, 0.3) is 0 Å². The number of aryl methyl sites for hydroxylation is 1. The SMILES string of the molecule is Cc1ccnc(NCCNC(=O)Cc2cccs2)c1N. The molecule has 2 rings (SSSR count). The fourth-order valence-electron chi connectivity index (χ4n) is 1.73. The molecule has 0 aliphatic carbocycles. The topological polar surface area (TPSA) is 80.0 Å². The minimum Gasteiger partial charge on any atom is -0.396 e. The summed E-state index contributed by atoms with van der Waals surface area (Å²) in [6.45, 7) is 3.07. The van der Waals surface area contributed by atoms with Crippen LogP contribution in [0.3, 0.4) is 0 Å². The van der Waals surface area contributed by atoms with E-state index in [1.807, 2.05) is 30.5 Å². The number of carbonyl (C=O) groups is 1. The second-order valence-electron chi connectivity index (χ2n) is 4.42. The van der Waals surface area contributed by atoms with Gasteiger partial charge in [-0.05, 0) is 30.0 Å². The molecule has 0 aromatic carbocycles. The smallest absolute Gasteiger partial charge is 0.225 e. The Kier molecular flexibility index (Phi) is 4.95. The normalized spacial score (nSPS) is 10.2. The van der Waals surface area contributed by atoms with Gasteiger partial charge in [-0.15, -0.1) is 11.3 Å². The van der Waals surface area contributed by atoms with Gasteiger partial charge in [-0.1, -0.05) is 6.07 Å². The summed E-state index contributed by atoms with van der Waals surface area (Å²) in [5.74, 6) is 0.692. The molecule has 0 saturated carbocycles. The molecule has 2 heterocycles. The van der Waals surface area contributed by atoms with Gasteiger partial charge in [0.2, 0.25) is 5.91 Å². The summed E-state index contributed by atoms with van der Waals surface area (Å²) < 4.78 is 0. The van der Waals surface area contributed by atoms with Crippen LogP contribution in [0.15, 0.2) is 29.8 Å². The lowest BCUT2D eigenvalue weighted by molar-refractivity contribution is -0.120. The first-order valence-electron chi connectivity index (χ1n) is 6.41. The lowest BCUT2D eigenvalue weighted by Crippen LogP contribution is -2.30. The summed E-state index contributed by atoms with van der Waals surface area (Å²) in [6.07, 6.45) is 2.14. The summed E-state index contributed by atoms with van der Waals surface area (Å²) in [7, 11) is 0. The number of nitrogen functional groups attached to an aromatic ring is 1. The quantitative estimate of drug-likeness (QED) is 0.709. The molecule has 1 amide bonds. The van der Waals surface area contributed by atoms with E-state index in [4.69, 9.17) is 5.73 Å². The van der Waals surface area contributed by atoms with Crippen molar-refractivity contribution in [3.05, 3.63) is 40.2 Å². The van der Waals surface area contributed by atoms with Crippen molar-refractivity contribution < 1.29 is 4.79 Å². The number of nitrogens with one attached hydrogen (secondary N) is 2. The molecule has 6 heteroatoms. The second kappa shape index (κ2) is 6.91. The highest BCUT2D eigenvalue weighted by molar-refractivity contribution is 7.10. The molecule has 0 saturated heterocycles. The van der Waals surface area contributed by atoms with E-state index in [1.165, 1.54) is 0 Å². The van der Waals surface area contributed by atoms with Gasteiger partial charge in [-0.25, -0.2) is 4.98 Å². The summed E-state index contributed by atoms with van der Waals surface area (Å²) >= 11 is 1.59. The Morgan fingerprint density at radius 1 is 1.40 bits per heavy atom. The van der Waals surface area contributed by atoms with Gasteiger partial charge in [0, 0.05) is 24.2 Å². The summed E-state index contributed by atoms with van der Waals surface area (Å²) in [5, 5.41) is 7.95. The van der Waals surface area contributed by atoms with Crippen LogP contribution in [0.25, 0.3) is 0 Å². The Hall–Kier alpha value is -2.08. The monoisotopic (exact) mass is 290 g/mol. The number of rotatable bonds is 6. The Morgan fingerprint density at radius 2 is 2.25 bits per heavy atom. The van der Waals surface area contributed by atoms with Crippen LogP contribution < -0.4 is 16.4 Å². The molecule has 0 atom stereocenters. The van der Waals surface area contributed by atoms with E-state index in [0.717, 1.165) is 10.4 Å². The van der Waals surface area contributed by atoms with E-state index in [0.29, 0.717) is 31.0 Å². The minimum atomic E-state index is 0.0272. The second-order valence-corrected chi connectivity index (χ2v) is 5.46. The van der Waals surface area contributed by atoms with Gasteiger partial charge >= 0.3 is 0 Å². The first kappa shape index (κ1) is 14.3. The number of aromatic nitrogens is 1. The molecular weight excluding hydrogens is 272 g/mol. The minimum absolute atomic E-state index is 0.0272. The van der Waals surface area contributed by atoms with Crippen LogP contribution in [0.2, 0.25) is 0 Å². The first-order valence-corrected chi connectivity index (χ1v) is 7.29. The molecule has 0 bridgehead atoms. The van der Waals surface area contributed by atoms with E-state index < -0.39 is 0 Å². The average Bonchev–Trinajstić information content (AvgIpc) is 2.92. The van der Waals surface area contributed by atoms with Crippen molar-refractivity contribution in [1.29, 1.82) is 0 Å². The van der Waals surface area contributed by atoms with Crippen LogP contribution in [0.5, 0.6) is 0 Å². The first-order chi connectivity index (χ1) is 9.66. The third kappa shape index (κ3) is 3.96. The summed E-state index contributed by atoms with van der Waals surface area (Å²) in [4.78, 5) is 16.9. The molecule has 2 aromatic heterocycles. The molecule has 0 spiro atoms. The predicted molar refractivity (Wildman–Crippen MR) is 82.9 cm³/mol. The van der Waals surface area contributed by atoms with Crippen LogP contribution in [0, 0.1) is 6.92 Å². The number of hydrogen-bond acceptors (Lipinski definition) is 5. The highest BCUT2D eigenvalue weighted by atomic mass is 32.1. The maximum Gasteiger partial charge on any atom is 0.225 e. The van der Waals surface area contributed by atoms with Crippen LogP contribution in [-0.4, -0.2) is 24.0 Å². The Balaban J connectivity index is 1.71. The largest absolute Gasteiger partial charge is 0.396 e. The van der Waals surface area contributed by atoms with Crippen molar-refractivity contribution in [3.63, 3.8) is 0 Å². The predicted octanol–water partition coefficient (Wildman–Crippen LogP) is 1.80. The van der Waals surface area contributed by atoms with Crippen molar-refractivity contribution in [2.45, 2.75) is 13.3 Å². The maximum absolute atomic E-state index is 11.7. The Bertz CT molecular complexity index is 569. The number of thiophene rings is 1. The van der Waals surface area contributed by atoms with Crippen molar-refractivity contribution in [2.75, 3.05) is 24.1 Å². The number of amides is 1. The van der Waals surface area contributed by atoms with E-state index in [9.17, 15) is 4.79 Å². The van der Waals surface area contributed by atoms with Crippen molar-refractivity contribution in [1.82, 2.24) is 10.3 Å². The van der Waals surface area contributed by atoms with Gasteiger partial charge < -0.3 is 16.4 Å². The fourth-order valence-corrected chi connectivity index (χ4v) is 2.43. The highest BCUT2D eigenvalue weighted by Gasteiger charge is 2.04. The van der Waals surface area contributed by atoms with Crippen LogP contribution in [-0.2, 0) is 11.2 Å². The molecule has 2 aromatic rings. The number of pyridine rings is 1. The molecule has 20 heavy (non-hydrogen) atoms. The van der Waals surface area contributed by atoms with Crippen LogP contribution >= 0.6 is 11.3 Å². The number of hydrogen-bond donors (Lipinski definition) is 3. The van der Waals surface area contributed by atoms with Crippen molar-refractivity contribution in [2.24, 2.45) is 0 Å². The van der Waals surface area contributed by atoms with E-state index in [1.54, 1.807) is 17.5 Å². The van der Waals surface area contributed by atoms with E-state index >= 15 is 0 Å².